The Morgan fingerprint density at radius 2 is 2.27 bits per heavy atom. The van der Waals surface area contributed by atoms with Gasteiger partial charge in [0.1, 0.15) is 0 Å². The molecule has 0 aromatic heterocycles. The van der Waals surface area contributed by atoms with Gasteiger partial charge in [-0.3, -0.25) is 9.59 Å². The van der Waals surface area contributed by atoms with Crippen LogP contribution in [0.5, 0.6) is 0 Å². The van der Waals surface area contributed by atoms with Crippen LogP contribution in [0.1, 0.15) is 18.4 Å². The molecular weight excluding hydrogens is 348 g/mol. The molecule has 1 saturated heterocycles. The lowest BCUT2D eigenvalue weighted by Crippen LogP contribution is -2.33. The number of methoxy groups -OCH3 is 1. The Morgan fingerprint density at radius 1 is 1.50 bits per heavy atom. The second-order valence-electron chi connectivity index (χ2n) is 5.50. The number of anilines is 1. The fourth-order valence-corrected chi connectivity index (χ4v) is 3.23. The van der Waals surface area contributed by atoms with Crippen LogP contribution < -0.4 is 10.2 Å². The lowest BCUT2D eigenvalue weighted by molar-refractivity contribution is -0.126. The van der Waals surface area contributed by atoms with Gasteiger partial charge >= 0.3 is 0 Å². The summed E-state index contributed by atoms with van der Waals surface area (Å²) in [6.07, 6.45) is 1.03. The van der Waals surface area contributed by atoms with Crippen molar-refractivity contribution in [3.05, 3.63) is 28.2 Å². The molecule has 5 nitrogen and oxygen atoms in total. The molecule has 1 aromatic rings. The van der Waals surface area contributed by atoms with Crippen molar-refractivity contribution in [3.63, 3.8) is 0 Å². The van der Waals surface area contributed by atoms with Crippen molar-refractivity contribution in [2.45, 2.75) is 19.8 Å². The van der Waals surface area contributed by atoms with Gasteiger partial charge in [-0.2, -0.15) is 0 Å². The second kappa shape index (κ2) is 7.74. The average Bonchev–Trinajstić information content (AvgIpc) is 2.85. The number of carbonyl (C=O) groups is 2. The number of hydrogen-bond donors (Lipinski definition) is 1. The molecule has 0 bridgehead atoms. The predicted molar refractivity (Wildman–Crippen MR) is 88.8 cm³/mol. The summed E-state index contributed by atoms with van der Waals surface area (Å²) >= 11 is 3.49. The number of ether oxygens (including phenoxy) is 1. The van der Waals surface area contributed by atoms with Gasteiger partial charge in [-0.25, -0.2) is 0 Å². The number of benzene rings is 1. The summed E-state index contributed by atoms with van der Waals surface area (Å²) in [6.45, 7) is 3.62. The molecule has 1 aliphatic rings. The zero-order chi connectivity index (χ0) is 16.1. The third kappa shape index (κ3) is 4.08. The smallest absolute Gasteiger partial charge is 0.227 e. The van der Waals surface area contributed by atoms with E-state index in [1.165, 1.54) is 0 Å². The molecule has 1 heterocycles. The van der Waals surface area contributed by atoms with E-state index in [9.17, 15) is 9.59 Å². The minimum absolute atomic E-state index is 0.0124. The highest BCUT2D eigenvalue weighted by Crippen LogP contribution is 2.32. The highest BCUT2D eigenvalue weighted by Gasteiger charge is 2.35. The van der Waals surface area contributed by atoms with Crippen LogP contribution in [0, 0.1) is 12.8 Å². The quantitative estimate of drug-likeness (QED) is 0.783. The maximum atomic E-state index is 12.2. The summed E-state index contributed by atoms with van der Waals surface area (Å²) in [5.41, 5.74) is 1.94. The predicted octanol–water partition coefficient (Wildman–Crippen LogP) is 2.26. The van der Waals surface area contributed by atoms with Gasteiger partial charge in [0.2, 0.25) is 11.8 Å². The molecule has 1 atom stereocenters. The fraction of sp³-hybridized carbons (Fsp3) is 0.500. The number of carbonyl (C=O) groups excluding carboxylic acids is 2. The maximum Gasteiger partial charge on any atom is 0.227 e. The van der Waals surface area contributed by atoms with Gasteiger partial charge in [0.05, 0.1) is 11.6 Å². The molecule has 1 aromatic carbocycles. The Morgan fingerprint density at radius 3 is 2.95 bits per heavy atom. The van der Waals surface area contributed by atoms with Crippen molar-refractivity contribution < 1.29 is 14.3 Å². The number of nitrogens with zero attached hydrogens (tertiary/aromatic N) is 1. The molecule has 6 heteroatoms. The summed E-state index contributed by atoms with van der Waals surface area (Å²) < 4.78 is 5.82. The van der Waals surface area contributed by atoms with Gasteiger partial charge in [-0.15, -0.1) is 0 Å². The van der Waals surface area contributed by atoms with E-state index in [2.05, 4.69) is 21.2 Å². The standard InChI is InChI=1S/C16H21BrN2O3/c1-11-4-5-14(13(17)8-11)19-10-12(9-15(19)20)16(21)18-6-3-7-22-2/h4-5,8,12H,3,6-7,9-10H2,1-2H3,(H,18,21). The SMILES string of the molecule is COCCCNC(=O)C1CC(=O)N(c2ccc(C)cc2Br)C1. The molecule has 0 spiro atoms. The molecule has 2 amide bonds. The summed E-state index contributed by atoms with van der Waals surface area (Å²) in [7, 11) is 1.63. The minimum atomic E-state index is -0.289. The molecule has 22 heavy (non-hydrogen) atoms. The maximum absolute atomic E-state index is 12.2. The van der Waals surface area contributed by atoms with E-state index in [1.54, 1.807) is 12.0 Å². The molecule has 1 fully saturated rings. The van der Waals surface area contributed by atoms with E-state index in [-0.39, 0.29) is 24.2 Å². The normalized spacial score (nSPS) is 17.9. The molecule has 1 N–H and O–H groups in total. The zero-order valence-corrected chi connectivity index (χ0v) is 14.5. The first-order valence-electron chi connectivity index (χ1n) is 7.36. The van der Waals surface area contributed by atoms with Crippen LogP contribution in [0.2, 0.25) is 0 Å². The summed E-state index contributed by atoms with van der Waals surface area (Å²) in [6, 6.07) is 5.85. The van der Waals surface area contributed by atoms with Crippen molar-refractivity contribution in [2.75, 3.05) is 31.7 Å². The van der Waals surface area contributed by atoms with E-state index < -0.39 is 0 Å². The van der Waals surface area contributed by atoms with Gasteiger partial charge in [0.25, 0.3) is 0 Å². The van der Waals surface area contributed by atoms with Crippen molar-refractivity contribution in [1.82, 2.24) is 5.32 Å². The third-order valence-corrected chi connectivity index (χ3v) is 4.35. The highest BCUT2D eigenvalue weighted by molar-refractivity contribution is 9.10. The van der Waals surface area contributed by atoms with Crippen LogP contribution in [0.3, 0.4) is 0 Å². The summed E-state index contributed by atoms with van der Waals surface area (Å²) in [5.74, 6) is -0.361. The molecule has 1 aliphatic heterocycles. The van der Waals surface area contributed by atoms with E-state index in [1.807, 2.05) is 25.1 Å². The Hall–Kier alpha value is -1.40. The summed E-state index contributed by atoms with van der Waals surface area (Å²) in [4.78, 5) is 26.0. The van der Waals surface area contributed by atoms with Crippen LogP contribution >= 0.6 is 15.9 Å². The van der Waals surface area contributed by atoms with E-state index in [0.29, 0.717) is 19.7 Å². The van der Waals surface area contributed by atoms with Gasteiger partial charge in [-0.1, -0.05) is 6.07 Å². The van der Waals surface area contributed by atoms with Gasteiger partial charge in [-0.05, 0) is 47.0 Å². The molecular formula is C16H21BrN2O3. The molecule has 0 saturated carbocycles. The molecule has 0 radical (unpaired) electrons. The Kier molecular flexibility index (Phi) is 5.97. The fourth-order valence-electron chi connectivity index (χ4n) is 2.52. The van der Waals surface area contributed by atoms with Crippen LogP contribution in [-0.2, 0) is 14.3 Å². The molecule has 2 rings (SSSR count). The largest absolute Gasteiger partial charge is 0.385 e. The van der Waals surface area contributed by atoms with Crippen molar-refractivity contribution in [3.8, 4) is 0 Å². The number of amides is 2. The van der Waals surface area contributed by atoms with Crippen molar-refractivity contribution in [1.29, 1.82) is 0 Å². The lowest BCUT2D eigenvalue weighted by atomic mass is 10.1. The highest BCUT2D eigenvalue weighted by atomic mass is 79.9. The number of aryl methyl sites for hydroxylation is 1. The zero-order valence-electron chi connectivity index (χ0n) is 12.9. The van der Waals surface area contributed by atoms with Crippen molar-refractivity contribution >= 4 is 33.4 Å². The number of rotatable bonds is 6. The minimum Gasteiger partial charge on any atom is -0.385 e. The Labute approximate surface area is 139 Å². The van der Waals surface area contributed by atoms with Crippen LogP contribution in [-0.4, -0.2) is 38.6 Å². The third-order valence-electron chi connectivity index (χ3n) is 3.71. The number of nitrogens with one attached hydrogen (secondary N) is 1. The number of halogens is 1. The Balaban J connectivity index is 1.97. The van der Waals surface area contributed by atoms with E-state index in [4.69, 9.17) is 4.74 Å². The molecule has 120 valence electrons. The first-order chi connectivity index (χ1) is 10.5. The van der Waals surface area contributed by atoms with Gasteiger partial charge in [0, 0.05) is 37.7 Å². The monoisotopic (exact) mass is 368 g/mol. The van der Waals surface area contributed by atoms with Crippen molar-refractivity contribution in [2.24, 2.45) is 5.92 Å². The topological polar surface area (TPSA) is 58.6 Å². The lowest BCUT2D eigenvalue weighted by Gasteiger charge is -2.18. The van der Waals surface area contributed by atoms with Crippen LogP contribution in [0.25, 0.3) is 0 Å². The molecule has 1 unspecified atom stereocenters. The first kappa shape index (κ1) is 17.0. The second-order valence-corrected chi connectivity index (χ2v) is 6.35. The number of hydrogen-bond acceptors (Lipinski definition) is 3. The van der Waals surface area contributed by atoms with Gasteiger partial charge < -0.3 is 15.0 Å². The first-order valence-corrected chi connectivity index (χ1v) is 8.15. The summed E-state index contributed by atoms with van der Waals surface area (Å²) in [5, 5.41) is 2.87. The Bertz CT molecular complexity index is 562. The van der Waals surface area contributed by atoms with Crippen LogP contribution in [0.4, 0.5) is 5.69 Å². The van der Waals surface area contributed by atoms with E-state index in [0.717, 1.165) is 22.1 Å². The van der Waals surface area contributed by atoms with Crippen LogP contribution in [0.15, 0.2) is 22.7 Å². The van der Waals surface area contributed by atoms with E-state index >= 15 is 0 Å². The average molecular weight is 369 g/mol. The van der Waals surface area contributed by atoms with Gasteiger partial charge in [0.15, 0.2) is 0 Å². The molecule has 0 aliphatic carbocycles.